The number of hydrogen-bond donors (Lipinski definition) is 1. The van der Waals surface area contributed by atoms with E-state index in [1.54, 1.807) is 0 Å². The molecule has 0 radical (unpaired) electrons. The van der Waals surface area contributed by atoms with E-state index >= 15 is 0 Å². The molecule has 0 aliphatic carbocycles. The zero-order chi connectivity index (χ0) is 11.4. The second-order valence-corrected chi connectivity index (χ2v) is 5.16. The number of hydrogen-bond acceptors (Lipinski definition) is 3. The molecule has 0 bridgehead atoms. The monoisotopic (exact) mass is 213 g/mol. The van der Waals surface area contributed by atoms with Crippen molar-refractivity contribution in [2.75, 3.05) is 33.2 Å². The van der Waals surface area contributed by atoms with Crippen LogP contribution in [0.2, 0.25) is 0 Å². The fourth-order valence-electron chi connectivity index (χ4n) is 2.52. The number of rotatable bonds is 3. The summed E-state index contributed by atoms with van der Waals surface area (Å²) in [6.45, 7) is 11.3. The number of nitrogens with two attached hydrogens (primary N) is 1. The van der Waals surface area contributed by atoms with Crippen LogP contribution in [0.1, 0.15) is 27.2 Å². The molecule has 15 heavy (non-hydrogen) atoms. The van der Waals surface area contributed by atoms with Crippen LogP contribution in [-0.4, -0.2) is 55.1 Å². The van der Waals surface area contributed by atoms with Crippen LogP contribution in [-0.2, 0) is 0 Å². The second-order valence-electron chi connectivity index (χ2n) is 5.16. The van der Waals surface area contributed by atoms with E-state index in [0.29, 0.717) is 18.0 Å². The van der Waals surface area contributed by atoms with Crippen molar-refractivity contribution < 1.29 is 0 Å². The van der Waals surface area contributed by atoms with Crippen molar-refractivity contribution in [1.29, 1.82) is 0 Å². The van der Waals surface area contributed by atoms with Crippen LogP contribution >= 0.6 is 0 Å². The van der Waals surface area contributed by atoms with E-state index in [4.69, 9.17) is 5.73 Å². The van der Waals surface area contributed by atoms with Gasteiger partial charge in [0, 0.05) is 18.6 Å². The Morgan fingerprint density at radius 2 is 2.00 bits per heavy atom. The van der Waals surface area contributed by atoms with Gasteiger partial charge >= 0.3 is 0 Å². The zero-order valence-corrected chi connectivity index (χ0v) is 10.7. The summed E-state index contributed by atoms with van der Waals surface area (Å²) >= 11 is 0. The second kappa shape index (κ2) is 5.83. The van der Waals surface area contributed by atoms with Crippen LogP contribution in [0.4, 0.5) is 0 Å². The quantitative estimate of drug-likeness (QED) is 0.759. The van der Waals surface area contributed by atoms with Crippen molar-refractivity contribution in [3.8, 4) is 0 Å². The summed E-state index contributed by atoms with van der Waals surface area (Å²) in [5.74, 6) is 0.593. The van der Waals surface area contributed by atoms with Crippen molar-refractivity contribution in [2.45, 2.75) is 39.3 Å². The predicted molar refractivity (Wildman–Crippen MR) is 66.0 cm³/mol. The summed E-state index contributed by atoms with van der Waals surface area (Å²) in [6.07, 6.45) is 1.28. The van der Waals surface area contributed by atoms with Gasteiger partial charge < -0.3 is 10.6 Å². The Kier molecular flexibility index (Phi) is 5.03. The van der Waals surface area contributed by atoms with Crippen LogP contribution in [0.5, 0.6) is 0 Å². The van der Waals surface area contributed by atoms with Crippen molar-refractivity contribution in [3.63, 3.8) is 0 Å². The summed E-state index contributed by atoms with van der Waals surface area (Å²) in [4.78, 5) is 5.06. The molecule has 1 fully saturated rings. The lowest BCUT2D eigenvalue weighted by molar-refractivity contribution is 0.119. The van der Waals surface area contributed by atoms with E-state index in [2.05, 4.69) is 37.6 Å². The molecule has 3 heteroatoms. The summed E-state index contributed by atoms with van der Waals surface area (Å²) in [7, 11) is 2.22. The molecule has 0 spiro atoms. The van der Waals surface area contributed by atoms with Gasteiger partial charge in [0.15, 0.2) is 0 Å². The Balaban J connectivity index is 2.58. The van der Waals surface area contributed by atoms with Crippen LogP contribution < -0.4 is 5.73 Å². The van der Waals surface area contributed by atoms with Crippen LogP contribution in [0, 0.1) is 5.92 Å². The van der Waals surface area contributed by atoms with E-state index < -0.39 is 0 Å². The minimum atomic E-state index is 0.593. The van der Waals surface area contributed by atoms with Crippen molar-refractivity contribution in [1.82, 2.24) is 9.80 Å². The van der Waals surface area contributed by atoms with Gasteiger partial charge in [-0.25, -0.2) is 0 Å². The molecular weight excluding hydrogens is 186 g/mol. The first kappa shape index (κ1) is 12.9. The van der Waals surface area contributed by atoms with Gasteiger partial charge in [-0.3, -0.25) is 4.90 Å². The van der Waals surface area contributed by atoms with Crippen LogP contribution in [0.3, 0.4) is 0 Å². The summed E-state index contributed by atoms with van der Waals surface area (Å²) in [6, 6.07) is 1.26. The molecule has 1 heterocycles. The molecule has 3 atom stereocenters. The lowest BCUT2D eigenvalue weighted by Gasteiger charge is -2.36. The first-order chi connectivity index (χ1) is 7.06. The molecule has 1 aliphatic rings. The molecule has 90 valence electrons. The molecular formula is C12H27N3. The van der Waals surface area contributed by atoms with Gasteiger partial charge in [0.25, 0.3) is 0 Å². The smallest absolute Gasteiger partial charge is 0.0197 e. The molecule has 1 rings (SSSR count). The van der Waals surface area contributed by atoms with Gasteiger partial charge in [0.1, 0.15) is 0 Å². The highest BCUT2D eigenvalue weighted by Crippen LogP contribution is 2.17. The highest BCUT2D eigenvalue weighted by molar-refractivity contribution is 4.82. The highest BCUT2D eigenvalue weighted by Gasteiger charge is 2.26. The molecule has 0 aromatic rings. The fourth-order valence-corrected chi connectivity index (χ4v) is 2.52. The molecule has 3 nitrogen and oxygen atoms in total. The number of likely N-dealkylation sites (N-methyl/N-ethyl adjacent to an activating group) is 1. The molecule has 0 saturated carbocycles. The molecule has 3 unspecified atom stereocenters. The minimum Gasteiger partial charge on any atom is -0.330 e. The van der Waals surface area contributed by atoms with Gasteiger partial charge in [0.05, 0.1) is 0 Å². The van der Waals surface area contributed by atoms with E-state index in [1.165, 1.54) is 26.1 Å². The average molecular weight is 213 g/mol. The minimum absolute atomic E-state index is 0.593. The highest BCUT2D eigenvalue weighted by atomic mass is 15.2. The normalized spacial score (nSPS) is 29.8. The SMILES string of the molecule is CC(CN)C(C)N1CCCN(C)CC1C. The summed E-state index contributed by atoms with van der Waals surface area (Å²) < 4.78 is 0. The van der Waals surface area contributed by atoms with Crippen LogP contribution in [0.15, 0.2) is 0 Å². The molecule has 2 N–H and O–H groups in total. The topological polar surface area (TPSA) is 32.5 Å². The summed E-state index contributed by atoms with van der Waals surface area (Å²) in [5, 5.41) is 0. The van der Waals surface area contributed by atoms with E-state index in [0.717, 1.165) is 6.54 Å². The first-order valence-corrected chi connectivity index (χ1v) is 6.20. The van der Waals surface area contributed by atoms with E-state index in [1.807, 2.05) is 0 Å². The Morgan fingerprint density at radius 3 is 2.60 bits per heavy atom. The first-order valence-electron chi connectivity index (χ1n) is 6.20. The maximum Gasteiger partial charge on any atom is 0.0197 e. The Labute approximate surface area is 94.6 Å². The Hall–Kier alpha value is -0.120. The van der Waals surface area contributed by atoms with Crippen molar-refractivity contribution >= 4 is 0 Å². The molecule has 0 aromatic heterocycles. The largest absolute Gasteiger partial charge is 0.330 e. The third-order valence-corrected chi connectivity index (χ3v) is 3.82. The molecule has 0 amide bonds. The fraction of sp³-hybridized carbons (Fsp3) is 1.00. The van der Waals surface area contributed by atoms with E-state index in [-0.39, 0.29) is 0 Å². The Morgan fingerprint density at radius 1 is 1.33 bits per heavy atom. The van der Waals surface area contributed by atoms with Gasteiger partial charge in [-0.2, -0.15) is 0 Å². The summed E-state index contributed by atoms with van der Waals surface area (Å²) in [5.41, 5.74) is 5.75. The average Bonchev–Trinajstić information content (AvgIpc) is 2.37. The van der Waals surface area contributed by atoms with Crippen molar-refractivity contribution in [3.05, 3.63) is 0 Å². The molecule has 1 saturated heterocycles. The third-order valence-electron chi connectivity index (χ3n) is 3.82. The predicted octanol–water partition coefficient (Wildman–Crippen LogP) is 0.996. The lowest BCUT2D eigenvalue weighted by Crippen LogP contribution is -2.47. The van der Waals surface area contributed by atoms with Gasteiger partial charge in [-0.1, -0.05) is 6.92 Å². The third kappa shape index (κ3) is 3.44. The van der Waals surface area contributed by atoms with Gasteiger partial charge in [-0.15, -0.1) is 0 Å². The maximum atomic E-state index is 5.75. The van der Waals surface area contributed by atoms with Gasteiger partial charge in [0.2, 0.25) is 0 Å². The van der Waals surface area contributed by atoms with Crippen LogP contribution in [0.25, 0.3) is 0 Å². The number of nitrogens with zero attached hydrogens (tertiary/aromatic N) is 2. The molecule has 0 aromatic carbocycles. The van der Waals surface area contributed by atoms with Gasteiger partial charge in [-0.05, 0) is 52.9 Å². The molecule has 1 aliphatic heterocycles. The van der Waals surface area contributed by atoms with Crippen molar-refractivity contribution in [2.24, 2.45) is 11.7 Å². The standard InChI is InChI=1S/C12H27N3/c1-10(8-13)12(3)15-7-5-6-14(4)9-11(15)2/h10-12H,5-9,13H2,1-4H3. The maximum absolute atomic E-state index is 5.75. The lowest BCUT2D eigenvalue weighted by atomic mass is 10.0. The van der Waals surface area contributed by atoms with E-state index in [9.17, 15) is 0 Å². The zero-order valence-electron chi connectivity index (χ0n) is 10.7. The Bertz CT molecular complexity index is 184.